The van der Waals surface area contributed by atoms with Gasteiger partial charge in [-0.3, -0.25) is 10.00 Å². The fourth-order valence-electron chi connectivity index (χ4n) is 3.23. The standard InChI is InChI=1S/C18H25N5O2/c24-13-16-6-1-2-10-23(16)11-9-19-18(25)21-15-5-3-4-14(12-15)17-7-8-20-22-17/h3-5,7-8,12,16,24H,1-2,6,9-11,13H2,(H,20,22)(H2,19,21,25)/t16-/m0/s1. The number of carbonyl (C=O) groups excluding carboxylic acids is 1. The van der Waals surface area contributed by atoms with E-state index in [4.69, 9.17) is 0 Å². The Morgan fingerprint density at radius 3 is 3.08 bits per heavy atom. The largest absolute Gasteiger partial charge is 0.395 e. The third-order valence-corrected chi connectivity index (χ3v) is 4.58. The van der Waals surface area contributed by atoms with Gasteiger partial charge < -0.3 is 15.7 Å². The predicted octanol–water partition coefficient (Wildman–Crippen LogP) is 2.04. The molecule has 0 aliphatic carbocycles. The Morgan fingerprint density at radius 2 is 2.28 bits per heavy atom. The number of nitrogens with zero attached hydrogens (tertiary/aromatic N) is 2. The number of aliphatic hydroxyl groups is 1. The Hall–Kier alpha value is -2.38. The van der Waals surface area contributed by atoms with Gasteiger partial charge in [0.1, 0.15) is 0 Å². The topological polar surface area (TPSA) is 93.3 Å². The molecule has 0 bridgehead atoms. The second kappa shape index (κ2) is 8.64. The maximum Gasteiger partial charge on any atom is 0.319 e. The molecule has 7 heteroatoms. The molecular weight excluding hydrogens is 318 g/mol. The number of anilines is 1. The minimum Gasteiger partial charge on any atom is -0.395 e. The Morgan fingerprint density at radius 1 is 1.36 bits per heavy atom. The Bertz CT molecular complexity index is 674. The first kappa shape index (κ1) is 17.4. The molecule has 1 aliphatic heterocycles. The Balaban J connectivity index is 1.47. The summed E-state index contributed by atoms with van der Waals surface area (Å²) in [5, 5.41) is 22.0. The number of amides is 2. The maximum absolute atomic E-state index is 12.1. The maximum atomic E-state index is 12.1. The van der Waals surface area contributed by atoms with Crippen LogP contribution in [0.5, 0.6) is 0 Å². The normalized spacial score (nSPS) is 18.0. The monoisotopic (exact) mass is 343 g/mol. The molecule has 1 fully saturated rings. The number of hydrogen-bond donors (Lipinski definition) is 4. The van der Waals surface area contributed by atoms with Gasteiger partial charge in [0.15, 0.2) is 0 Å². The van der Waals surface area contributed by atoms with Crippen LogP contribution in [0.3, 0.4) is 0 Å². The van der Waals surface area contributed by atoms with Crippen molar-refractivity contribution in [3.05, 3.63) is 36.5 Å². The van der Waals surface area contributed by atoms with E-state index in [-0.39, 0.29) is 18.7 Å². The van der Waals surface area contributed by atoms with Gasteiger partial charge in [0, 0.05) is 36.6 Å². The van der Waals surface area contributed by atoms with Crippen molar-refractivity contribution >= 4 is 11.7 Å². The molecule has 1 aromatic heterocycles. The number of aromatic amines is 1. The zero-order valence-corrected chi connectivity index (χ0v) is 14.2. The number of H-pyrrole nitrogens is 1. The van der Waals surface area contributed by atoms with E-state index in [1.807, 2.05) is 30.3 Å². The van der Waals surface area contributed by atoms with E-state index >= 15 is 0 Å². The van der Waals surface area contributed by atoms with Crippen molar-refractivity contribution < 1.29 is 9.90 Å². The molecule has 2 heterocycles. The van der Waals surface area contributed by atoms with Gasteiger partial charge in [0.2, 0.25) is 0 Å². The molecule has 0 radical (unpaired) electrons. The summed E-state index contributed by atoms with van der Waals surface area (Å²) in [7, 11) is 0. The number of aliphatic hydroxyl groups excluding tert-OH is 1. The summed E-state index contributed by atoms with van der Waals surface area (Å²) in [5.41, 5.74) is 2.61. The van der Waals surface area contributed by atoms with Crippen molar-refractivity contribution in [2.24, 2.45) is 0 Å². The minimum absolute atomic E-state index is 0.187. The van der Waals surface area contributed by atoms with E-state index in [2.05, 4.69) is 25.7 Å². The van der Waals surface area contributed by atoms with E-state index < -0.39 is 0 Å². The van der Waals surface area contributed by atoms with Crippen molar-refractivity contribution in [2.45, 2.75) is 25.3 Å². The number of benzene rings is 1. The number of nitrogens with one attached hydrogen (secondary N) is 3. The molecule has 0 saturated carbocycles. The lowest BCUT2D eigenvalue weighted by atomic mass is 10.0. The van der Waals surface area contributed by atoms with Crippen LogP contribution in [0.4, 0.5) is 10.5 Å². The van der Waals surface area contributed by atoms with Gasteiger partial charge in [-0.25, -0.2) is 4.79 Å². The number of urea groups is 1. The van der Waals surface area contributed by atoms with E-state index in [1.165, 1.54) is 6.42 Å². The highest BCUT2D eigenvalue weighted by Gasteiger charge is 2.20. The first-order valence-corrected chi connectivity index (χ1v) is 8.76. The fraction of sp³-hybridized carbons (Fsp3) is 0.444. The summed E-state index contributed by atoms with van der Waals surface area (Å²) >= 11 is 0. The molecule has 1 aliphatic rings. The highest BCUT2D eigenvalue weighted by Crippen LogP contribution is 2.20. The third kappa shape index (κ3) is 4.80. The number of rotatable bonds is 6. The predicted molar refractivity (Wildman–Crippen MR) is 97.3 cm³/mol. The Labute approximate surface area is 147 Å². The van der Waals surface area contributed by atoms with Gasteiger partial charge in [-0.15, -0.1) is 0 Å². The first-order chi connectivity index (χ1) is 12.3. The van der Waals surface area contributed by atoms with Crippen LogP contribution < -0.4 is 10.6 Å². The lowest BCUT2D eigenvalue weighted by Crippen LogP contribution is -2.46. The quantitative estimate of drug-likeness (QED) is 0.646. The van der Waals surface area contributed by atoms with Gasteiger partial charge in [-0.1, -0.05) is 18.6 Å². The zero-order valence-electron chi connectivity index (χ0n) is 14.2. The van der Waals surface area contributed by atoms with Crippen LogP contribution in [0.25, 0.3) is 11.3 Å². The van der Waals surface area contributed by atoms with Crippen molar-refractivity contribution in [2.75, 3.05) is 31.6 Å². The highest BCUT2D eigenvalue weighted by molar-refractivity contribution is 5.90. The van der Waals surface area contributed by atoms with E-state index in [1.54, 1.807) is 6.20 Å². The summed E-state index contributed by atoms with van der Waals surface area (Å²) in [4.78, 5) is 14.3. The van der Waals surface area contributed by atoms with Gasteiger partial charge >= 0.3 is 6.03 Å². The molecule has 1 atom stereocenters. The minimum atomic E-state index is -0.223. The van der Waals surface area contributed by atoms with Crippen LogP contribution in [-0.4, -0.2) is 58.5 Å². The smallest absolute Gasteiger partial charge is 0.319 e. The lowest BCUT2D eigenvalue weighted by molar-refractivity contribution is 0.0917. The summed E-state index contributed by atoms with van der Waals surface area (Å²) < 4.78 is 0. The molecule has 2 aromatic rings. The summed E-state index contributed by atoms with van der Waals surface area (Å²) in [5.74, 6) is 0. The van der Waals surface area contributed by atoms with Crippen LogP contribution in [0.2, 0.25) is 0 Å². The molecule has 0 unspecified atom stereocenters. The van der Waals surface area contributed by atoms with Gasteiger partial charge in [0.25, 0.3) is 0 Å². The van der Waals surface area contributed by atoms with Gasteiger partial charge in [-0.2, -0.15) is 5.10 Å². The third-order valence-electron chi connectivity index (χ3n) is 4.58. The molecule has 0 spiro atoms. The molecule has 25 heavy (non-hydrogen) atoms. The molecule has 1 aromatic carbocycles. The molecule has 2 amide bonds. The number of hydrogen-bond acceptors (Lipinski definition) is 4. The van der Waals surface area contributed by atoms with Crippen molar-refractivity contribution in [3.63, 3.8) is 0 Å². The van der Waals surface area contributed by atoms with Crippen LogP contribution in [0, 0.1) is 0 Å². The number of aromatic nitrogens is 2. The number of piperidine rings is 1. The highest BCUT2D eigenvalue weighted by atomic mass is 16.3. The Kier molecular flexibility index (Phi) is 6.03. The average molecular weight is 343 g/mol. The second-order valence-corrected chi connectivity index (χ2v) is 6.30. The van der Waals surface area contributed by atoms with Crippen LogP contribution in [-0.2, 0) is 0 Å². The second-order valence-electron chi connectivity index (χ2n) is 6.30. The van der Waals surface area contributed by atoms with Crippen molar-refractivity contribution in [1.29, 1.82) is 0 Å². The van der Waals surface area contributed by atoms with E-state index in [0.717, 1.165) is 42.9 Å². The molecule has 7 nitrogen and oxygen atoms in total. The fourth-order valence-corrected chi connectivity index (χ4v) is 3.23. The summed E-state index contributed by atoms with van der Waals surface area (Å²) in [6.45, 7) is 2.49. The average Bonchev–Trinajstić information content (AvgIpc) is 3.17. The van der Waals surface area contributed by atoms with Crippen molar-refractivity contribution in [1.82, 2.24) is 20.4 Å². The van der Waals surface area contributed by atoms with E-state index in [9.17, 15) is 9.90 Å². The summed E-state index contributed by atoms with van der Waals surface area (Å²) in [6, 6.07) is 9.50. The molecule has 4 N–H and O–H groups in total. The van der Waals surface area contributed by atoms with Gasteiger partial charge in [-0.05, 0) is 37.6 Å². The van der Waals surface area contributed by atoms with E-state index in [0.29, 0.717) is 6.54 Å². The molecule has 134 valence electrons. The zero-order chi connectivity index (χ0) is 17.5. The van der Waals surface area contributed by atoms with Crippen LogP contribution in [0.1, 0.15) is 19.3 Å². The van der Waals surface area contributed by atoms with Gasteiger partial charge in [0.05, 0.1) is 12.3 Å². The molecule has 1 saturated heterocycles. The first-order valence-electron chi connectivity index (χ1n) is 8.76. The van der Waals surface area contributed by atoms with Crippen molar-refractivity contribution in [3.8, 4) is 11.3 Å². The van der Waals surface area contributed by atoms with Crippen LogP contribution >= 0.6 is 0 Å². The van der Waals surface area contributed by atoms with Crippen LogP contribution in [0.15, 0.2) is 36.5 Å². The lowest BCUT2D eigenvalue weighted by Gasteiger charge is -2.34. The molecular formula is C18H25N5O2. The summed E-state index contributed by atoms with van der Waals surface area (Å²) in [6.07, 6.45) is 5.05. The molecule has 3 rings (SSSR count). The SMILES string of the molecule is O=C(NCCN1CCCC[C@H]1CO)Nc1cccc(-c2ccn[nH]2)c1. The number of carbonyl (C=O) groups is 1. The number of likely N-dealkylation sites (tertiary alicyclic amines) is 1.